The van der Waals surface area contributed by atoms with Gasteiger partial charge in [0.25, 0.3) is 0 Å². The maximum atomic E-state index is 12.1. The second-order valence-corrected chi connectivity index (χ2v) is 6.23. The first-order valence-electron chi connectivity index (χ1n) is 9.60. The molecule has 6 heteroatoms. The quantitative estimate of drug-likeness (QED) is 0.628. The van der Waals surface area contributed by atoms with E-state index in [1.807, 2.05) is 54.5 Å². The Hall–Kier alpha value is -2.08. The number of aromatic hydroxyl groups is 1. The van der Waals surface area contributed by atoms with Gasteiger partial charge in [-0.25, -0.2) is 0 Å². The number of phenolic OH excluding ortho intramolecular Hbond substituents is 1. The molecule has 27 heavy (non-hydrogen) atoms. The third kappa shape index (κ3) is 8.91. The van der Waals surface area contributed by atoms with Crippen LogP contribution in [0.15, 0.2) is 24.3 Å². The molecule has 1 aromatic rings. The van der Waals surface area contributed by atoms with Gasteiger partial charge in [0, 0.05) is 0 Å². The predicted octanol–water partition coefficient (Wildman–Crippen LogP) is 3.36. The maximum Gasteiger partial charge on any atom is 0.325 e. The van der Waals surface area contributed by atoms with Gasteiger partial charge >= 0.3 is 5.97 Å². The minimum absolute atomic E-state index is 0.179. The highest BCUT2D eigenvalue weighted by Gasteiger charge is 2.34. The number of amides is 1. The van der Waals surface area contributed by atoms with Crippen molar-refractivity contribution in [3.63, 3.8) is 0 Å². The van der Waals surface area contributed by atoms with E-state index in [1.54, 1.807) is 18.2 Å². The molecule has 0 bridgehead atoms. The highest BCUT2D eigenvalue weighted by molar-refractivity contribution is 5.85. The fraction of sp³-hybridized carbons (Fsp3) is 0.619. The topological polar surface area (TPSA) is 102 Å². The van der Waals surface area contributed by atoms with Gasteiger partial charge in [-0.15, -0.1) is 0 Å². The van der Waals surface area contributed by atoms with Gasteiger partial charge < -0.3 is 20.9 Å². The Morgan fingerprint density at radius 2 is 1.78 bits per heavy atom. The summed E-state index contributed by atoms with van der Waals surface area (Å²) in [7, 11) is 1.26. The van der Waals surface area contributed by atoms with Crippen LogP contribution in [0.2, 0.25) is 0 Å². The van der Waals surface area contributed by atoms with E-state index in [-0.39, 0.29) is 23.6 Å². The van der Waals surface area contributed by atoms with Gasteiger partial charge in [0.2, 0.25) is 5.91 Å². The average Bonchev–Trinajstić information content (AvgIpc) is 2.68. The van der Waals surface area contributed by atoms with Crippen LogP contribution < -0.4 is 11.1 Å². The summed E-state index contributed by atoms with van der Waals surface area (Å²) in [6.45, 7) is 13.9. The first kappa shape index (κ1) is 27.1. The fourth-order valence-electron chi connectivity index (χ4n) is 2.46. The molecular formula is C21H38N2O4. The molecule has 0 radical (unpaired) electrons. The Labute approximate surface area is 164 Å². The number of rotatable bonds is 7. The highest BCUT2D eigenvalue weighted by Crippen LogP contribution is 2.37. The van der Waals surface area contributed by atoms with Crippen LogP contribution >= 0.6 is 0 Å². The van der Waals surface area contributed by atoms with Gasteiger partial charge in [-0.1, -0.05) is 60.6 Å². The van der Waals surface area contributed by atoms with Crippen LogP contribution in [0, 0.1) is 5.92 Å². The third-order valence-electron chi connectivity index (χ3n) is 4.40. The lowest BCUT2D eigenvalue weighted by Crippen LogP contribution is -2.47. The number of benzene rings is 1. The van der Waals surface area contributed by atoms with Crippen LogP contribution in [0.1, 0.15) is 60.5 Å². The normalized spacial score (nSPS) is 13.1. The molecule has 1 amide bonds. The molecule has 0 aliphatic rings. The summed E-state index contributed by atoms with van der Waals surface area (Å²) < 4.78 is 4.48. The Kier molecular flexibility index (Phi) is 14.1. The molecule has 0 unspecified atom stereocenters. The molecule has 0 fully saturated rings. The van der Waals surface area contributed by atoms with E-state index in [9.17, 15) is 14.7 Å². The van der Waals surface area contributed by atoms with Gasteiger partial charge in [0.15, 0.2) is 0 Å². The minimum atomic E-state index is -0.769. The number of carbonyl (C=O) groups is 2. The number of nitrogens with two attached hydrogens (primary N) is 1. The van der Waals surface area contributed by atoms with Crippen molar-refractivity contribution in [1.82, 2.24) is 5.32 Å². The molecule has 0 aliphatic carbocycles. The van der Waals surface area contributed by atoms with Crippen molar-refractivity contribution in [2.75, 3.05) is 13.7 Å². The lowest BCUT2D eigenvalue weighted by molar-refractivity contribution is -0.141. The second kappa shape index (κ2) is 14.0. The van der Waals surface area contributed by atoms with Crippen LogP contribution in [-0.2, 0) is 19.7 Å². The summed E-state index contributed by atoms with van der Waals surface area (Å²) in [5, 5.41) is 12.2. The van der Waals surface area contributed by atoms with Crippen molar-refractivity contribution in [1.29, 1.82) is 0 Å². The van der Waals surface area contributed by atoms with E-state index in [2.05, 4.69) is 10.1 Å². The Morgan fingerprint density at radius 1 is 1.22 bits per heavy atom. The standard InChI is InChI=1S/C17H26N2O4.2C2H6/c1-11(2)17(3,12-6-5-7-13(20)8-12)9-14(18)16(22)19-10-15(21)23-4;2*1-2/h5-8,11,14,20H,9-10,18H2,1-4H3,(H,19,22);2*1-2H3/t14-,17-;;/m1../s1. The van der Waals surface area contributed by atoms with Crippen molar-refractivity contribution < 1.29 is 19.4 Å². The molecule has 4 N–H and O–H groups in total. The zero-order valence-corrected chi connectivity index (χ0v) is 18.1. The lowest BCUT2D eigenvalue weighted by atomic mass is 9.69. The lowest BCUT2D eigenvalue weighted by Gasteiger charge is -2.36. The summed E-state index contributed by atoms with van der Waals surface area (Å²) in [5.74, 6) is -0.547. The number of phenols is 1. The number of nitrogens with one attached hydrogen (secondary N) is 1. The van der Waals surface area contributed by atoms with Crippen LogP contribution in [0.25, 0.3) is 0 Å². The van der Waals surface area contributed by atoms with Gasteiger partial charge in [-0.3, -0.25) is 9.59 Å². The van der Waals surface area contributed by atoms with Gasteiger partial charge in [0.1, 0.15) is 12.3 Å². The summed E-state index contributed by atoms with van der Waals surface area (Å²) in [6, 6.07) is 6.22. The number of ether oxygens (including phenoxy) is 1. The number of hydrogen-bond donors (Lipinski definition) is 3. The van der Waals surface area contributed by atoms with Gasteiger partial charge in [-0.05, 0) is 35.4 Å². The van der Waals surface area contributed by atoms with Crippen molar-refractivity contribution in [2.24, 2.45) is 11.7 Å². The van der Waals surface area contributed by atoms with Crippen LogP contribution in [-0.4, -0.2) is 36.7 Å². The summed E-state index contributed by atoms with van der Waals surface area (Å²) >= 11 is 0. The molecule has 0 aromatic heterocycles. The highest BCUT2D eigenvalue weighted by atomic mass is 16.5. The van der Waals surface area contributed by atoms with E-state index in [0.717, 1.165) is 5.56 Å². The zero-order chi connectivity index (χ0) is 21.6. The molecule has 0 aliphatic heterocycles. The van der Waals surface area contributed by atoms with Crippen molar-refractivity contribution in [3.05, 3.63) is 29.8 Å². The maximum absolute atomic E-state index is 12.1. The van der Waals surface area contributed by atoms with Gasteiger partial charge in [-0.2, -0.15) is 0 Å². The Bertz CT molecular complexity index is 561. The van der Waals surface area contributed by atoms with Crippen molar-refractivity contribution in [2.45, 2.75) is 66.3 Å². The summed E-state index contributed by atoms with van der Waals surface area (Å²) in [6.07, 6.45) is 0.390. The molecule has 2 atom stereocenters. The fourth-order valence-corrected chi connectivity index (χ4v) is 2.46. The smallest absolute Gasteiger partial charge is 0.325 e. The second-order valence-electron chi connectivity index (χ2n) is 6.23. The number of hydrogen-bond acceptors (Lipinski definition) is 5. The monoisotopic (exact) mass is 382 g/mol. The third-order valence-corrected chi connectivity index (χ3v) is 4.40. The molecule has 156 valence electrons. The molecule has 0 heterocycles. The van der Waals surface area contributed by atoms with E-state index in [4.69, 9.17) is 5.73 Å². The molecule has 1 aromatic carbocycles. The molecule has 0 spiro atoms. The number of carbonyl (C=O) groups excluding carboxylic acids is 2. The van der Waals surface area contributed by atoms with E-state index < -0.39 is 17.9 Å². The summed E-state index contributed by atoms with van der Waals surface area (Å²) in [5.41, 5.74) is 6.55. The molecular weight excluding hydrogens is 344 g/mol. The van der Waals surface area contributed by atoms with Gasteiger partial charge in [0.05, 0.1) is 13.2 Å². The minimum Gasteiger partial charge on any atom is -0.508 e. The Balaban J connectivity index is 0. The predicted molar refractivity (Wildman–Crippen MR) is 111 cm³/mol. The molecule has 6 nitrogen and oxygen atoms in total. The Morgan fingerprint density at radius 3 is 2.22 bits per heavy atom. The van der Waals surface area contributed by atoms with Crippen molar-refractivity contribution >= 4 is 11.9 Å². The van der Waals surface area contributed by atoms with Crippen LogP contribution in [0.5, 0.6) is 5.75 Å². The largest absolute Gasteiger partial charge is 0.508 e. The molecule has 0 saturated heterocycles. The van der Waals surface area contributed by atoms with Crippen LogP contribution in [0.4, 0.5) is 0 Å². The first-order valence-corrected chi connectivity index (χ1v) is 9.60. The van der Waals surface area contributed by atoms with E-state index in [1.165, 1.54) is 7.11 Å². The number of methoxy groups -OCH3 is 1. The van der Waals surface area contributed by atoms with Crippen LogP contribution in [0.3, 0.4) is 0 Å². The SMILES string of the molecule is CC.CC.COC(=O)CNC(=O)[C@H](N)C[C@@](C)(c1cccc(O)c1)C(C)C. The number of esters is 1. The van der Waals surface area contributed by atoms with E-state index >= 15 is 0 Å². The zero-order valence-electron chi connectivity index (χ0n) is 18.1. The molecule has 1 rings (SSSR count). The molecule has 0 saturated carbocycles. The average molecular weight is 383 g/mol. The first-order chi connectivity index (χ1) is 12.7. The van der Waals surface area contributed by atoms with E-state index in [0.29, 0.717) is 6.42 Å². The van der Waals surface area contributed by atoms with Crippen molar-refractivity contribution in [3.8, 4) is 5.75 Å². The summed E-state index contributed by atoms with van der Waals surface area (Å²) in [4.78, 5) is 23.2.